The summed E-state index contributed by atoms with van der Waals surface area (Å²) in [6.45, 7) is -0.475. The number of aromatic nitrogens is 1. The molecular formula is C23H27NO6S. The maximum Gasteiger partial charge on any atom is 0.163 e. The van der Waals surface area contributed by atoms with Crippen molar-refractivity contribution in [3.05, 3.63) is 71.1 Å². The van der Waals surface area contributed by atoms with Crippen LogP contribution in [0.2, 0.25) is 0 Å². The third kappa shape index (κ3) is 5.59. The fourth-order valence-electron chi connectivity index (χ4n) is 3.86. The fraction of sp³-hybridized carbons (Fsp3) is 0.348. The molecule has 3 N–H and O–H groups in total. The molecule has 0 unspecified atom stereocenters. The van der Waals surface area contributed by atoms with Gasteiger partial charge in [-0.15, -0.1) is 0 Å². The van der Waals surface area contributed by atoms with E-state index in [1.54, 1.807) is 30.5 Å². The Morgan fingerprint density at radius 2 is 2.00 bits per heavy atom. The Morgan fingerprint density at radius 3 is 2.61 bits per heavy atom. The molecule has 2 atom stereocenters. The van der Waals surface area contributed by atoms with Crippen LogP contribution in [0.4, 0.5) is 0 Å². The molecule has 1 aliphatic rings. The summed E-state index contributed by atoms with van der Waals surface area (Å²) in [7, 11) is -2.09. The number of ether oxygens (including phenoxy) is 1. The normalized spacial score (nSPS) is 19.6. The molecule has 166 valence electrons. The van der Waals surface area contributed by atoms with Gasteiger partial charge in [0.05, 0.1) is 30.8 Å². The number of phenolic OH excluding ortho intramolecular Hbond substituents is 1. The van der Waals surface area contributed by atoms with Gasteiger partial charge in [0.15, 0.2) is 9.84 Å². The standard InChI is InChI=1S/C23H27NO6S/c1-30-14-18-15-31(28,29)22(13-25)23(18)21(27)10-7-17(20-4-2-3-11-24-20)12-16-5-8-19(26)9-6-16/h2-6,8-9,11-12,21-22,25-27H,7,10,13-15H2,1H3/b17-12-/t21-,22+/m1/s1. The van der Waals surface area contributed by atoms with Crippen molar-refractivity contribution in [3.8, 4) is 5.75 Å². The Kier molecular flexibility index (Phi) is 7.61. The number of hydrogen-bond donors (Lipinski definition) is 3. The number of sulfone groups is 1. The summed E-state index contributed by atoms with van der Waals surface area (Å²) in [5.74, 6) is -0.0448. The van der Waals surface area contributed by atoms with Gasteiger partial charge in [-0.2, -0.15) is 0 Å². The van der Waals surface area contributed by atoms with Gasteiger partial charge in [-0.05, 0) is 65.5 Å². The molecule has 1 aromatic carbocycles. The lowest BCUT2D eigenvalue weighted by Gasteiger charge is -2.19. The van der Waals surface area contributed by atoms with Crippen LogP contribution in [0.5, 0.6) is 5.75 Å². The number of hydrogen-bond acceptors (Lipinski definition) is 7. The molecular weight excluding hydrogens is 418 g/mol. The molecule has 31 heavy (non-hydrogen) atoms. The van der Waals surface area contributed by atoms with Crippen LogP contribution in [0.25, 0.3) is 11.6 Å². The third-order valence-electron chi connectivity index (χ3n) is 5.32. The summed E-state index contributed by atoms with van der Waals surface area (Å²) in [5, 5.41) is 29.0. The summed E-state index contributed by atoms with van der Waals surface area (Å²) in [6, 6.07) is 12.3. The van der Waals surface area contributed by atoms with Gasteiger partial charge in [-0.25, -0.2) is 8.42 Å². The second-order valence-corrected chi connectivity index (χ2v) is 9.68. The van der Waals surface area contributed by atoms with Gasteiger partial charge in [0.25, 0.3) is 0 Å². The first-order chi connectivity index (χ1) is 14.9. The Hall–Kier alpha value is -2.52. The van der Waals surface area contributed by atoms with Gasteiger partial charge < -0.3 is 20.1 Å². The van der Waals surface area contributed by atoms with Gasteiger partial charge in [0.1, 0.15) is 11.0 Å². The van der Waals surface area contributed by atoms with Crippen LogP contribution in [-0.2, 0) is 14.6 Å². The highest BCUT2D eigenvalue weighted by Crippen LogP contribution is 2.33. The highest BCUT2D eigenvalue weighted by atomic mass is 32.2. The Labute approximate surface area is 182 Å². The van der Waals surface area contributed by atoms with E-state index in [2.05, 4.69) is 4.98 Å². The second-order valence-electron chi connectivity index (χ2n) is 7.50. The molecule has 0 radical (unpaired) electrons. The molecule has 0 fully saturated rings. The molecule has 1 aromatic heterocycles. The van der Waals surface area contributed by atoms with Crippen molar-refractivity contribution in [2.24, 2.45) is 0 Å². The number of rotatable bonds is 9. The monoisotopic (exact) mass is 445 g/mol. The third-order valence-corrected chi connectivity index (χ3v) is 7.34. The molecule has 0 bridgehead atoms. The SMILES string of the molecule is COCC1=C([C@H](O)CC/C(=C/c2ccc(O)cc2)c2ccccn2)[C@H](CO)S(=O)(=O)C1. The first kappa shape index (κ1) is 23.1. The molecule has 8 heteroatoms. The van der Waals surface area contributed by atoms with E-state index in [1.165, 1.54) is 7.11 Å². The minimum absolute atomic E-state index is 0.0958. The zero-order valence-electron chi connectivity index (χ0n) is 17.3. The summed E-state index contributed by atoms with van der Waals surface area (Å²) >= 11 is 0. The van der Waals surface area contributed by atoms with E-state index >= 15 is 0 Å². The minimum Gasteiger partial charge on any atom is -0.508 e. The quantitative estimate of drug-likeness (QED) is 0.507. The van der Waals surface area contributed by atoms with Crippen LogP contribution < -0.4 is 0 Å². The fourth-order valence-corrected chi connectivity index (χ4v) is 5.73. The first-order valence-corrected chi connectivity index (χ1v) is 11.7. The number of aromatic hydroxyl groups is 1. The molecule has 1 aliphatic heterocycles. The smallest absolute Gasteiger partial charge is 0.163 e. The number of pyridine rings is 1. The number of aliphatic hydroxyl groups is 2. The number of benzene rings is 1. The minimum atomic E-state index is -3.56. The van der Waals surface area contributed by atoms with Crippen LogP contribution in [-0.4, -0.2) is 66.2 Å². The number of aliphatic hydroxyl groups excluding tert-OH is 2. The zero-order chi connectivity index (χ0) is 22.4. The van der Waals surface area contributed by atoms with Crippen LogP contribution in [0.1, 0.15) is 24.1 Å². The van der Waals surface area contributed by atoms with Crippen molar-refractivity contribution >= 4 is 21.5 Å². The number of allylic oxidation sites excluding steroid dienone is 1. The number of nitrogens with zero attached hydrogens (tertiary/aromatic N) is 1. The van der Waals surface area contributed by atoms with Gasteiger partial charge >= 0.3 is 0 Å². The van der Waals surface area contributed by atoms with Gasteiger partial charge in [0, 0.05) is 13.3 Å². The summed E-state index contributed by atoms with van der Waals surface area (Å²) in [6.07, 6.45) is 3.26. The Balaban J connectivity index is 1.87. The van der Waals surface area contributed by atoms with Gasteiger partial charge in [-0.1, -0.05) is 18.2 Å². The maximum absolute atomic E-state index is 12.4. The lowest BCUT2D eigenvalue weighted by molar-refractivity contribution is 0.184. The van der Waals surface area contributed by atoms with Crippen molar-refractivity contribution in [1.82, 2.24) is 4.98 Å². The summed E-state index contributed by atoms with van der Waals surface area (Å²) in [4.78, 5) is 4.40. The Bertz CT molecular complexity index is 1050. The number of methoxy groups -OCH3 is 1. The van der Waals surface area contributed by atoms with E-state index in [9.17, 15) is 23.7 Å². The van der Waals surface area contributed by atoms with E-state index in [-0.39, 0.29) is 24.5 Å². The van der Waals surface area contributed by atoms with Crippen molar-refractivity contribution in [3.63, 3.8) is 0 Å². The van der Waals surface area contributed by atoms with Crippen LogP contribution in [0.3, 0.4) is 0 Å². The molecule has 2 aromatic rings. The van der Waals surface area contributed by atoms with E-state index < -0.39 is 27.8 Å². The lowest BCUT2D eigenvalue weighted by Crippen LogP contribution is -2.29. The highest BCUT2D eigenvalue weighted by Gasteiger charge is 2.41. The van der Waals surface area contributed by atoms with E-state index in [4.69, 9.17) is 4.74 Å². The summed E-state index contributed by atoms with van der Waals surface area (Å²) in [5.41, 5.74) is 3.32. The molecule has 0 spiro atoms. The average molecular weight is 446 g/mol. The molecule has 0 saturated carbocycles. The average Bonchev–Trinajstić information content (AvgIpc) is 3.02. The first-order valence-electron chi connectivity index (χ1n) is 9.98. The lowest BCUT2D eigenvalue weighted by atomic mass is 9.94. The van der Waals surface area contributed by atoms with Crippen LogP contribution >= 0.6 is 0 Å². The van der Waals surface area contributed by atoms with Crippen molar-refractivity contribution in [1.29, 1.82) is 0 Å². The maximum atomic E-state index is 12.4. The highest BCUT2D eigenvalue weighted by molar-refractivity contribution is 7.92. The van der Waals surface area contributed by atoms with Crippen molar-refractivity contribution < 1.29 is 28.5 Å². The van der Waals surface area contributed by atoms with Crippen molar-refractivity contribution in [2.75, 3.05) is 26.1 Å². The molecule has 0 saturated heterocycles. The molecule has 2 heterocycles. The second kappa shape index (κ2) is 10.2. The van der Waals surface area contributed by atoms with E-state index in [0.29, 0.717) is 17.6 Å². The molecule has 0 amide bonds. The van der Waals surface area contributed by atoms with Crippen LogP contribution in [0.15, 0.2) is 59.8 Å². The largest absolute Gasteiger partial charge is 0.508 e. The topological polar surface area (TPSA) is 117 Å². The zero-order valence-corrected chi connectivity index (χ0v) is 18.1. The Morgan fingerprint density at radius 1 is 1.26 bits per heavy atom. The predicted octanol–water partition coefficient (Wildman–Crippen LogP) is 2.20. The molecule has 0 aliphatic carbocycles. The van der Waals surface area contributed by atoms with Crippen molar-refractivity contribution in [2.45, 2.75) is 24.2 Å². The molecule has 3 rings (SSSR count). The number of phenols is 1. The van der Waals surface area contributed by atoms with E-state index in [0.717, 1.165) is 16.8 Å². The van der Waals surface area contributed by atoms with Gasteiger partial charge in [-0.3, -0.25) is 4.98 Å². The predicted molar refractivity (Wildman–Crippen MR) is 119 cm³/mol. The van der Waals surface area contributed by atoms with Gasteiger partial charge in [0.2, 0.25) is 0 Å². The van der Waals surface area contributed by atoms with E-state index in [1.807, 2.05) is 24.3 Å². The summed E-state index contributed by atoms with van der Waals surface area (Å²) < 4.78 is 29.9. The molecule has 7 nitrogen and oxygen atoms in total. The van der Waals surface area contributed by atoms with Crippen LogP contribution in [0, 0.1) is 0 Å².